The maximum Gasteiger partial charge on any atom is 0.253 e. The molecule has 8 heteroatoms. The molecule has 0 unspecified atom stereocenters. The highest BCUT2D eigenvalue weighted by atomic mass is 16.2. The largest absolute Gasteiger partial charge is 0.368 e. The molecule has 2 N–H and O–H groups in total. The smallest absolute Gasteiger partial charge is 0.253 e. The zero-order valence-corrected chi connectivity index (χ0v) is 22.2. The summed E-state index contributed by atoms with van der Waals surface area (Å²) in [5.41, 5.74) is 3.08. The number of nitrogens with zero attached hydrogens (tertiary/aromatic N) is 3. The minimum absolute atomic E-state index is 0.00746. The van der Waals surface area contributed by atoms with Crippen molar-refractivity contribution in [2.45, 2.75) is 38.5 Å². The molecule has 2 heterocycles. The molecule has 2 saturated heterocycles. The average Bonchev–Trinajstić information content (AvgIpc) is 3.31. The van der Waals surface area contributed by atoms with Gasteiger partial charge in [0.1, 0.15) is 0 Å². The first kappa shape index (κ1) is 26.2. The monoisotopic (exact) mass is 517 g/mol. The molecule has 202 valence electrons. The molecule has 1 aliphatic carbocycles. The molecule has 3 aliphatic rings. The summed E-state index contributed by atoms with van der Waals surface area (Å²) in [5.74, 6) is 0.376. The summed E-state index contributed by atoms with van der Waals surface area (Å²) in [6.45, 7) is 6.03. The fourth-order valence-electron chi connectivity index (χ4n) is 5.54. The number of hydrogen-bond acceptors (Lipinski definition) is 5. The molecule has 3 amide bonds. The number of carbonyl (C=O) groups is 3. The van der Waals surface area contributed by atoms with Gasteiger partial charge in [-0.3, -0.25) is 14.4 Å². The lowest BCUT2D eigenvalue weighted by atomic mass is 9.84. The van der Waals surface area contributed by atoms with E-state index in [4.69, 9.17) is 0 Å². The van der Waals surface area contributed by atoms with Crippen molar-refractivity contribution in [1.29, 1.82) is 0 Å². The quantitative estimate of drug-likeness (QED) is 0.615. The summed E-state index contributed by atoms with van der Waals surface area (Å²) in [7, 11) is 0. The predicted octanol–water partition coefficient (Wildman–Crippen LogP) is 3.14. The number of anilines is 2. The van der Waals surface area contributed by atoms with Crippen LogP contribution >= 0.6 is 0 Å². The molecular formula is C30H39N5O3. The van der Waals surface area contributed by atoms with E-state index >= 15 is 0 Å². The molecule has 8 nitrogen and oxygen atoms in total. The van der Waals surface area contributed by atoms with Gasteiger partial charge < -0.3 is 25.3 Å². The van der Waals surface area contributed by atoms with E-state index in [0.29, 0.717) is 36.8 Å². The molecule has 1 saturated carbocycles. The van der Waals surface area contributed by atoms with Gasteiger partial charge in [0.05, 0.1) is 17.8 Å². The van der Waals surface area contributed by atoms with Gasteiger partial charge in [-0.25, -0.2) is 0 Å². The molecule has 2 aromatic rings. The molecule has 0 atom stereocenters. The molecule has 0 spiro atoms. The predicted molar refractivity (Wildman–Crippen MR) is 149 cm³/mol. The molecule has 5 rings (SSSR count). The summed E-state index contributed by atoms with van der Waals surface area (Å²) in [6.07, 6.45) is 5.24. The van der Waals surface area contributed by atoms with E-state index in [1.165, 1.54) is 0 Å². The maximum absolute atomic E-state index is 13.4. The number of carbonyl (C=O) groups excluding carboxylic acids is 3. The Morgan fingerprint density at radius 3 is 2.42 bits per heavy atom. The lowest BCUT2D eigenvalue weighted by molar-refractivity contribution is -0.137. The molecular weight excluding hydrogens is 478 g/mol. The Kier molecular flexibility index (Phi) is 8.58. The SMILES string of the molecule is O=C(Cc1ccccc1)Nc1cc(C(=O)N2CCCNCC2)ccc1N1CCCN(C(=O)C2CCC2)CC1. The van der Waals surface area contributed by atoms with Gasteiger partial charge in [0.2, 0.25) is 11.8 Å². The fraction of sp³-hybridized carbons (Fsp3) is 0.500. The van der Waals surface area contributed by atoms with Crippen LogP contribution in [0.5, 0.6) is 0 Å². The van der Waals surface area contributed by atoms with E-state index < -0.39 is 0 Å². The Balaban J connectivity index is 1.35. The van der Waals surface area contributed by atoms with Crippen LogP contribution in [0.1, 0.15) is 48.0 Å². The molecule has 38 heavy (non-hydrogen) atoms. The van der Waals surface area contributed by atoms with Crippen LogP contribution in [0.25, 0.3) is 0 Å². The normalized spacial score (nSPS) is 18.8. The van der Waals surface area contributed by atoms with Crippen molar-refractivity contribution in [2.75, 3.05) is 62.6 Å². The summed E-state index contributed by atoms with van der Waals surface area (Å²) in [6, 6.07) is 15.4. The van der Waals surface area contributed by atoms with Crippen molar-refractivity contribution in [3.63, 3.8) is 0 Å². The fourth-order valence-corrected chi connectivity index (χ4v) is 5.54. The summed E-state index contributed by atoms with van der Waals surface area (Å²) in [4.78, 5) is 45.5. The zero-order chi connectivity index (χ0) is 26.3. The molecule has 3 fully saturated rings. The van der Waals surface area contributed by atoms with Gasteiger partial charge in [-0.1, -0.05) is 36.8 Å². The van der Waals surface area contributed by atoms with Crippen molar-refractivity contribution in [3.05, 3.63) is 59.7 Å². The Labute approximate surface area is 225 Å². The van der Waals surface area contributed by atoms with Crippen LogP contribution in [0, 0.1) is 5.92 Å². The second-order valence-corrected chi connectivity index (χ2v) is 10.6. The number of amides is 3. The number of rotatable bonds is 6. The van der Waals surface area contributed by atoms with Crippen molar-refractivity contribution in [2.24, 2.45) is 5.92 Å². The van der Waals surface area contributed by atoms with Crippen molar-refractivity contribution in [3.8, 4) is 0 Å². The first-order valence-corrected chi connectivity index (χ1v) is 14.1. The molecule has 0 aromatic heterocycles. The number of nitrogens with one attached hydrogen (secondary N) is 2. The van der Waals surface area contributed by atoms with Gasteiger partial charge in [0.15, 0.2) is 0 Å². The van der Waals surface area contributed by atoms with Gasteiger partial charge in [0.25, 0.3) is 5.91 Å². The third-order valence-electron chi connectivity index (χ3n) is 7.96. The first-order chi connectivity index (χ1) is 18.6. The van der Waals surface area contributed by atoms with Crippen LogP contribution in [0.3, 0.4) is 0 Å². The average molecular weight is 518 g/mol. The number of hydrogen-bond donors (Lipinski definition) is 2. The highest BCUT2D eigenvalue weighted by Gasteiger charge is 2.31. The Morgan fingerprint density at radius 2 is 1.63 bits per heavy atom. The summed E-state index contributed by atoms with van der Waals surface area (Å²) in [5, 5.41) is 6.46. The van der Waals surface area contributed by atoms with Crippen LogP contribution in [-0.4, -0.2) is 79.9 Å². The van der Waals surface area contributed by atoms with E-state index in [1.54, 1.807) is 0 Å². The van der Waals surface area contributed by atoms with Crippen LogP contribution in [0.15, 0.2) is 48.5 Å². The minimum Gasteiger partial charge on any atom is -0.368 e. The molecule has 0 radical (unpaired) electrons. The maximum atomic E-state index is 13.4. The van der Waals surface area contributed by atoms with E-state index in [1.807, 2.05) is 58.3 Å². The Morgan fingerprint density at radius 1 is 0.816 bits per heavy atom. The van der Waals surface area contributed by atoms with Crippen LogP contribution in [0.2, 0.25) is 0 Å². The van der Waals surface area contributed by atoms with Gasteiger partial charge in [-0.05, 0) is 56.0 Å². The highest BCUT2D eigenvalue weighted by Crippen LogP contribution is 2.31. The molecule has 2 aromatic carbocycles. The van der Waals surface area contributed by atoms with Crippen molar-refractivity contribution >= 4 is 29.1 Å². The Bertz CT molecular complexity index is 1130. The van der Waals surface area contributed by atoms with Crippen LogP contribution in [0.4, 0.5) is 11.4 Å². The summed E-state index contributed by atoms with van der Waals surface area (Å²) < 4.78 is 0. The number of benzene rings is 2. The lowest BCUT2D eigenvalue weighted by Gasteiger charge is -2.31. The van der Waals surface area contributed by atoms with Crippen molar-refractivity contribution in [1.82, 2.24) is 15.1 Å². The third kappa shape index (κ3) is 6.35. The molecule has 2 aliphatic heterocycles. The zero-order valence-electron chi connectivity index (χ0n) is 22.2. The standard InChI is InChI=1S/C30H39N5O3/c36-28(21-23-7-2-1-3-8-23)32-26-22-25(30(38)34-15-5-13-31-14-18-34)11-12-27(26)33-16-6-17-35(20-19-33)29(37)24-9-4-10-24/h1-3,7-8,11-12,22,24,31H,4-6,9-10,13-21H2,(H,32,36). The second kappa shape index (κ2) is 12.4. The highest BCUT2D eigenvalue weighted by molar-refractivity contribution is 6.00. The first-order valence-electron chi connectivity index (χ1n) is 14.1. The summed E-state index contributed by atoms with van der Waals surface area (Å²) >= 11 is 0. The van der Waals surface area contributed by atoms with E-state index in [-0.39, 0.29) is 24.2 Å². The van der Waals surface area contributed by atoms with Crippen LogP contribution in [-0.2, 0) is 16.0 Å². The third-order valence-corrected chi connectivity index (χ3v) is 7.96. The second-order valence-electron chi connectivity index (χ2n) is 10.6. The van der Waals surface area contributed by atoms with Gasteiger partial charge in [-0.15, -0.1) is 0 Å². The Hall–Kier alpha value is -3.39. The van der Waals surface area contributed by atoms with Gasteiger partial charge in [0, 0.05) is 57.3 Å². The van der Waals surface area contributed by atoms with Gasteiger partial charge in [-0.2, -0.15) is 0 Å². The molecule has 0 bridgehead atoms. The van der Waals surface area contributed by atoms with E-state index in [2.05, 4.69) is 15.5 Å². The lowest BCUT2D eigenvalue weighted by Crippen LogP contribution is -2.41. The van der Waals surface area contributed by atoms with Crippen molar-refractivity contribution < 1.29 is 14.4 Å². The van der Waals surface area contributed by atoms with Gasteiger partial charge >= 0.3 is 0 Å². The van der Waals surface area contributed by atoms with E-state index in [9.17, 15) is 14.4 Å². The topological polar surface area (TPSA) is 85.0 Å². The van der Waals surface area contributed by atoms with Crippen LogP contribution < -0.4 is 15.5 Å². The minimum atomic E-state index is -0.113. The van der Waals surface area contributed by atoms with E-state index in [0.717, 1.165) is 76.1 Å².